The molecule has 2 aromatic carbocycles. The van der Waals surface area contributed by atoms with Gasteiger partial charge >= 0.3 is 0 Å². The summed E-state index contributed by atoms with van der Waals surface area (Å²) in [6.07, 6.45) is 1.74. The van der Waals surface area contributed by atoms with Crippen LogP contribution in [0.25, 0.3) is 22.4 Å². The van der Waals surface area contributed by atoms with Gasteiger partial charge in [0.1, 0.15) is 11.6 Å². The number of imidazole rings is 1. The fraction of sp³-hybridized carbons (Fsp3) is 0.100. The Morgan fingerprint density at radius 2 is 1.92 bits per heavy atom. The molecule has 4 aromatic rings. The lowest BCUT2D eigenvalue weighted by atomic mass is 10.2. The number of hydrogen-bond acceptors (Lipinski definition) is 4. The smallest absolute Gasteiger partial charge is 0.219 e. The average Bonchev–Trinajstić information content (AvgIpc) is 3.07. The number of aromatic nitrogens is 3. The van der Waals surface area contributed by atoms with Gasteiger partial charge in [-0.15, -0.1) is 11.8 Å². The predicted octanol–water partition coefficient (Wildman–Crippen LogP) is 5.53. The van der Waals surface area contributed by atoms with Crippen LogP contribution in [0.2, 0.25) is 0 Å². The molecule has 0 aliphatic carbocycles. The highest BCUT2D eigenvalue weighted by Gasteiger charge is 2.08. The van der Waals surface area contributed by atoms with Crippen molar-refractivity contribution in [1.82, 2.24) is 15.0 Å². The second-order valence-electron chi connectivity index (χ2n) is 5.50. The van der Waals surface area contributed by atoms with E-state index in [2.05, 4.69) is 40.1 Å². The van der Waals surface area contributed by atoms with Gasteiger partial charge in [-0.1, -0.05) is 25.1 Å². The summed E-state index contributed by atoms with van der Waals surface area (Å²) in [6, 6.07) is 19.8. The van der Waals surface area contributed by atoms with Crippen LogP contribution in [0.4, 0.5) is 0 Å². The molecule has 2 aromatic heterocycles. The lowest BCUT2D eigenvalue weighted by molar-refractivity contribution is 0.463. The molecule has 1 N–H and O–H groups in total. The van der Waals surface area contributed by atoms with Crippen LogP contribution in [0, 0.1) is 0 Å². The molecule has 0 saturated heterocycles. The van der Waals surface area contributed by atoms with E-state index in [1.165, 1.54) is 4.90 Å². The van der Waals surface area contributed by atoms with Gasteiger partial charge in [-0.2, -0.15) is 0 Å². The minimum atomic E-state index is 0.548. The molecule has 0 saturated carbocycles. The quantitative estimate of drug-likeness (QED) is 0.482. The lowest BCUT2D eigenvalue weighted by Crippen LogP contribution is -1.89. The minimum Gasteiger partial charge on any atom is -0.439 e. The molecule has 25 heavy (non-hydrogen) atoms. The summed E-state index contributed by atoms with van der Waals surface area (Å²) in [5, 5.41) is 0. The molecule has 0 spiro atoms. The van der Waals surface area contributed by atoms with Gasteiger partial charge in [-0.05, 0) is 42.2 Å². The van der Waals surface area contributed by atoms with Crippen molar-refractivity contribution in [2.24, 2.45) is 0 Å². The van der Waals surface area contributed by atoms with Crippen LogP contribution in [-0.4, -0.2) is 20.7 Å². The maximum atomic E-state index is 5.81. The fourth-order valence-electron chi connectivity index (χ4n) is 2.60. The molecule has 0 unspecified atom stereocenters. The normalized spacial score (nSPS) is 10.9. The zero-order valence-corrected chi connectivity index (χ0v) is 14.6. The van der Waals surface area contributed by atoms with Crippen molar-refractivity contribution >= 4 is 22.8 Å². The Kier molecular flexibility index (Phi) is 4.39. The van der Waals surface area contributed by atoms with Gasteiger partial charge in [0, 0.05) is 22.7 Å². The minimum absolute atomic E-state index is 0.548. The third kappa shape index (κ3) is 3.51. The first kappa shape index (κ1) is 15.7. The standard InChI is InChI=1S/C20H17N3OS/c1-2-25-16-8-9-17-18(13-16)23-20(22-17)14-10-11-21-19(12-14)24-15-6-4-3-5-7-15/h3-13H,2H2,1H3,(H,22,23). The average molecular weight is 347 g/mol. The summed E-state index contributed by atoms with van der Waals surface area (Å²) in [6.45, 7) is 2.15. The molecule has 0 fully saturated rings. The first-order valence-electron chi connectivity index (χ1n) is 8.14. The van der Waals surface area contributed by atoms with Crippen LogP contribution >= 0.6 is 11.8 Å². The molecular formula is C20H17N3OS. The van der Waals surface area contributed by atoms with Crippen LogP contribution in [-0.2, 0) is 0 Å². The second kappa shape index (κ2) is 6.99. The predicted molar refractivity (Wildman–Crippen MR) is 102 cm³/mol. The molecule has 5 heteroatoms. The van der Waals surface area contributed by atoms with Gasteiger partial charge in [0.05, 0.1) is 11.0 Å². The van der Waals surface area contributed by atoms with E-state index in [4.69, 9.17) is 4.74 Å². The summed E-state index contributed by atoms with van der Waals surface area (Å²) in [4.78, 5) is 13.6. The Labute approximate surface area is 150 Å². The number of rotatable bonds is 5. The van der Waals surface area contributed by atoms with Gasteiger partial charge in [0.25, 0.3) is 0 Å². The van der Waals surface area contributed by atoms with E-state index >= 15 is 0 Å². The molecule has 4 nitrogen and oxygen atoms in total. The summed E-state index contributed by atoms with van der Waals surface area (Å²) >= 11 is 1.82. The SMILES string of the molecule is CCSc1ccc2nc(-c3ccnc(Oc4ccccc4)c3)[nH]c2c1. The van der Waals surface area contributed by atoms with Crippen molar-refractivity contribution in [2.45, 2.75) is 11.8 Å². The molecular weight excluding hydrogens is 330 g/mol. The Balaban J connectivity index is 1.65. The summed E-state index contributed by atoms with van der Waals surface area (Å²) in [7, 11) is 0. The molecule has 4 rings (SSSR count). The molecule has 0 aliphatic rings. The van der Waals surface area contributed by atoms with Crippen molar-refractivity contribution < 1.29 is 4.74 Å². The highest BCUT2D eigenvalue weighted by Crippen LogP contribution is 2.27. The number of hydrogen-bond donors (Lipinski definition) is 1. The van der Waals surface area contributed by atoms with Gasteiger partial charge < -0.3 is 9.72 Å². The number of aromatic amines is 1. The number of nitrogens with zero attached hydrogens (tertiary/aromatic N) is 2. The lowest BCUT2D eigenvalue weighted by Gasteiger charge is -2.05. The molecule has 0 aliphatic heterocycles. The number of pyridine rings is 1. The van der Waals surface area contributed by atoms with E-state index in [1.807, 2.05) is 54.2 Å². The van der Waals surface area contributed by atoms with E-state index < -0.39 is 0 Å². The van der Waals surface area contributed by atoms with Crippen molar-refractivity contribution in [3.8, 4) is 23.0 Å². The largest absolute Gasteiger partial charge is 0.439 e. The highest BCUT2D eigenvalue weighted by molar-refractivity contribution is 7.99. The maximum absolute atomic E-state index is 5.81. The summed E-state index contributed by atoms with van der Waals surface area (Å²) in [5.74, 6) is 3.18. The van der Waals surface area contributed by atoms with Crippen LogP contribution in [0.5, 0.6) is 11.6 Å². The number of fused-ring (bicyclic) bond motifs is 1. The van der Waals surface area contributed by atoms with E-state index in [9.17, 15) is 0 Å². The number of thioether (sulfide) groups is 1. The van der Waals surface area contributed by atoms with Crippen molar-refractivity contribution in [1.29, 1.82) is 0 Å². The Morgan fingerprint density at radius 3 is 2.76 bits per heavy atom. The third-order valence-corrected chi connectivity index (χ3v) is 4.61. The van der Waals surface area contributed by atoms with E-state index in [-0.39, 0.29) is 0 Å². The van der Waals surface area contributed by atoms with Gasteiger partial charge in [-0.25, -0.2) is 9.97 Å². The number of H-pyrrole nitrogens is 1. The van der Waals surface area contributed by atoms with E-state index in [0.29, 0.717) is 5.88 Å². The first-order chi connectivity index (χ1) is 12.3. The van der Waals surface area contributed by atoms with Crippen LogP contribution < -0.4 is 4.74 Å². The van der Waals surface area contributed by atoms with Crippen molar-refractivity contribution in [2.75, 3.05) is 5.75 Å². The number of nitrogens with one attached hydrogen (secondary N) is 1. The molecule has 0 atom stereocenters. The van der Waals surface area contributed by atoms with Crippen LogP contribution in [0.3, 0.4) is 0 Å². The number of para-hydroxylation sites is 1. The highest BCUT2D eigenvalue weighted by atomic mass is 32.2. The number of ether oxygens (including phenoxy) is 1. The van der Waals surface area contributed by atoms with Gasteiger partial charge in [0.15, 0.2) is 0 Å². The Morgan fingerprint density at radius 1 is 1.04 bits per heavy atom. The molecule has 0 bridgehead atoms. The van der Waals surface area contributed by atoms with Crippen molar-refractivity contribution in [3.63, 3.8) is 0 Å². The number of benzene rings is 2. The van der Waals surface area contributed by atoms with Crippen molar-refractivity contribution in [3.05, 3.63) is 66.9 Å². The van der Waals surface area contributed by atoms with Gasteiger partial charge in [-0.3, -0.25) is 0 Å². The molecule has 2 heterocycles. The topological polar surface area (TPSA) is 50.8 Å². The molecule has 0 amide bonds. The fourth-order valence-corrected chi connectivity index (χ4v) is 3.30. The summed E-state index contributed by atoms with van der Waals surface area (Å²) < 4.78 is 5.81. The van der Waals surface area contributed by atoms with E-state index in [1.54, 1.807) is 6.20 Å². The Hall–Kier alpha value is -2.79. The second-order valence-corrected chi connectivity index (χ2v) is 6.83. The zero-order valence-electron chi connectivity index (χ0n) is 13.8. The third-order valence-electron chi connectivity index (χ3n) is 3.74. The van der Waals surface area contributed by atoms with E-state index in [0.717, 1.165) is 33.9 Å². The van der Waals surface area contributed by atoms with Crippen LogP contribution in [0.15, 0.2) is 71.8 Å². The molecule has 124 valence electrons. The monoisotopic (exact) mass is 347 g/mol. The maximum Gasteiger partial charge on any atom is 0.219 e. The Bertz CT molecular complexity index is 998. The summed E-state index contributed by atoms with van der Waals surface area (Å²) in [5.41, 5.74) is 2.94. The first-order valence-corrected chi connectivity index (χ1v) is 9.12. The van der Waals surface area contributed by atoms with Crippen LogP contribution in [0.1, 0.15) is 6.92 Å². The molecule has 0 radical (unpaired) electrons. The van der Waals surface area contributed by atoms with Gasteiger partial charge in [0.2, 0.25) is 5.88 Å². The zero-order chi connectivity index (χ0) is 17.1.